The number of rotatable bonds is 2. The highest BCUT2D eigenvalue weighted by Crippen LogP contribution is 2.22. The molecule has 0 radical (unpaired) electrons. The maximum Gasteiger partial charge on any atom is 0.290 e. The molecule has 2 heterocycles. The molecule has 1 atom stereocenters. The van der Waals surface area contributed by atoms with Gasteiger partial charge in [0.2, 0.25) is 0 Å². The standard InChI is InChI=1S/C11H17N3O3/c1-11(2)7-14(5-8(6-15)17-11)9-10(16)13-4-3-12-9/h3-4,8,15H,5-7H2,1-2H3,(H,13,16). The van der Waals surface area contributed by atoms with Crippen molar-refractivity contribution in [3.8, 4) is 0 Å². The maximum atomic E-state index is 11.7. The van der Waals surface area contributed by atoms with Crippen LogP contribution in [-0.4, -0.2) is 46.5 Å². The number of aliphatic hydroxyl groups is 1. The highest BCUT2D eigenvalue weighted by Gasteiger charge is 2.34. The first-order chi connectivity index (χ1) is 8.02. The molecule has 1 aliphatic rings. The molecule has 1 saturated heterocycles. The minimum atomic E-state index is -0.407. The summed E-state index contributed by atoms with van der Waals surface area (Å²) in [5.74, 6) is 0.377. The second-order valence-electron chi connectivity index (χ2n) is 4.80. The third-order valence-corrected chi connectivity index (χ3v) is 2.67. The van der Waals surface area contributed by atoms with Crippen LogP contribution in [0.4, 0.5) is 5.82 Å². The van der Waals surface area contributed by atoms with E-state index in [4.69, 9.17) is 4.74 Å². The van der Waals surface area contributed by atoms with E-state index >= 15 is 0 Å². The Morgan fingerprint density at radius 1 is 1.71 bits per heavy atom. The van der Waals surface area contributed by atoms with Gasteiger partial charge in [-0.1, -0.05) is 0 Å². The molecule has 0 saturated carbocycles. The Bertz CT molecular complexity index is 444. The summed E-state index contributed by atoms with van der Waals surface area (Å²) in [6.07, 6.45) is 2.76. The highest BCUT2D eigenvalue weighted by atomic mass is 16.5. The van der Waals surface area contributed by atoms with Gasteiger partial charge in [0.25, 0.3) is 5.56 Å². The number of nitrogens with zero attached hydrogens (tertiary/aromatic N) is 2. The molecule has 1 aromatic rings. The lowest BCUT2D eigenvalue weighted by Crippen LogP contribution is -2.55. The molecule has 94 valence electrons. The monoisotopic (exact) mass is 239 g/mol. The Hall–Kier alpha value is -1.40. The topological polar surface area (TPSA) is 78.5 Å². The molecule has 1 unspecified atom stereocenters. The largest absolute Gasteiger partial charge is 0.394 e. The maximum absolute atomic E-state index is 11.7. The molecule has 2 rings (SSSR count). The van der Waals surface area contributed by atoms with E-state index in [0.717, 1.165) is 0 Å². The van der Waals surface area contributed by atoms with Crippen molar-refractivity contribution < 1.29 is 9.84 Å². The van der Waals surface area contributed by atoms with Crippen LogP contribution >= 0.6 is 0 Å². The van der Waals surface area contributed by atoms with Crippen molar-refractivity contribution in [2.45, 2.75) is 25.6 Å². The summed E-state index contributed by atoms with van der Waals surface area (Å²) in [4.78, 5) is 20.2. The average molecular weight is 239 g/mol. The molecule has 0 aromatic carbocycles. The number of anilines is 1. The lowest BCUT2D eigenvalue weighted by atomic mass is 10.1. The van der Waals surface area contributed by atoms with Crippen molar-refractivity contribution >= 4 is 5.82 Å². The first-order valence-corrected chi connectivity index (χ1v) is 5.59. The Balaban J connectivity index is 2.27. The molecule has 0 bridgehead atoms. The molecular weight excluding hydrogens is 222 g/mol. The summed E-state index contributed by atoms with van der Waals surface area (Å²) in [5, 5.41) is 9.20. The van der Waals surface area contributed by atoms with Gasteiger partial charge in [-0.2, -0.15) is 0 Å². The normalized spacial score (nSPS) is 23.7. The van der Waals surface area contributed by atoms with Gasteiger partial charge in [-0.3, -0.25) is 4.79 Å². The number of aromatic nitrogens is 2. The summed E-state index contributed by atoms with van der Waals surface area (Å²) in [6.45, 7) is 4.84. The van der Waals surface area contributed by atoms with Crippen molar-refractivity contribution in [1.82, 2.24) is 9.97 Å². The highest BCUT2D eigenvalue weighted by molar-refractivity contribution is 5.36. The molecule has 6 heteroatoms. The number of aromatic amines is 1. The third kappa shape index (κ3) is 2.65. The second-order valence-corrected chi connectivity index (χ2v) is 4.80. The zero-order valence-electron chi connectivity index (χ0n) is 10.0. The zero-order valence-corrected chi connectivity index (χ0v) is 10.0. The summed E-state index contributed by atoms with van der Waals surface area (Å²) < 4.78 is 5.68. The van der Waals surface area contributed by atoms with Crippen molar-refractivity contribution in [3.63, 3.8) is 0 Å². The molecule has 17 heavy (non-hydrogen) atoms. The van der Waals surface area contributed by atoms with Crippen LogP contribution in [0, 0.1) is 0 Å². The summed E-state index contributed by atoms with van der Waals surface area (Å²) >= 11 is 0. The molecule has 1 aliphatic heterocycles. The average Bonchev–Trinajstić information content (AvgIpc) is 2.27. The second kappa shape index (κ2) is 4.46. The Morgan fingerprint density at radius 3 is 3.12 bits per heavy atom. The molecule has 0 aliphatic carbocycles. The van der Waals surface area contributed by atoms with Crippen LogP contribution in [0.2, 0.25) is 0 Å². The van der Waals surface area contributed by atoms with Gasteiger partial charge in [0.1, 0.15) is 0 Å². The van der Waals surface area contributed by atoms with E-state index in [-0.39, 0.29) is 18.3 Å². The number of ether oxygens (including phenoxy) is 1. The van der Waals surface area contributed by atoms with Crippen LogP contribution in [0.15, 0.2) is 17.2 Å². The van der Waals surface area contributed by atoms with Crippen molar-refractivity contribution in [3.05, 3.63) is 22.7 Å². The molecule has 0 spiro atoms. The number of hydrogen-bond acceptors (Lipinski definition) is 5. The van der Waals surface area contributed by atoms with Crippen molar-refractivity contribution in [1.29, 1.82) is 0 Å². The summed E-state index contributed by atoms with van der Waals surface area (Å²) in [5.41, 5.74) is -0.628. The lowest BCUT2D eigenvalue weighted by Gasteiger charge is -2.42. The molecule has 1 fully saturated rings. The first kappa shape index (κ1) is 12.1. The Kier molecular flexibility index (Phi) is 3.17. The van der Waals surface area contributed by atoms with E-state index in [0.29, 0.717) is 18.9 Å². The predicted octanol–water partition coefficient (Wildman–Crippen LogP) is -0.254. The van der Waals surface area contributed by atoms with E-state index < -0.39 is 5.60 Å². The van der Waals surface area contributed by atoms with Gasteiger partial charge in [0, 0.05) is 25.5 Å². The van der Waals surface area contributed by atoms with Crippen LogP contribution in [0.5, 0.6) is 0 Å². The number of morpholine rings is 1. The molecular formula is C11H17N3O3. The number of nitrogens with one attached hydrogen (secondary N) is 1. The van der Waals surface area contributed by atoms with Gasteiger partial charge in [-0.15, -0.1) is 0 Å². The smallest absolute Gasteiger partial charge is 0.290 e. The van der Waals surface area contributed by atoms with Crippen molar-refractivity contribution in [2.24, 2.45) is 0 Å². The fraction of sp³-hybridized carbons (Fsp3) is 0.636. The van der Waals surface area contributed by atoms with Crippen LogP contribution in [0.25, 0.3) is 0 Å². The van der Waals surface area contributed by atoms with E-state index in [1.165, 1.54) is 6.20 Å². The quantitative estimate of drug-likeness (QED) is 0.744. The minimum absolute atomic E-state index is 0.0648. The first-order valence-electron chi connectivity index (χ1n) is 5.59. The Morgan fingerprint density at radius 2 is 2.47 bits per heavy atom. The van der Waals surface area contributed by atoms with E-state index in [2.05, 4.69) is 9.97 Å². The molecule has 1 aromatic heterocycles. The number of hydrogen-bond donors (Lipinski definition) is 2. The van der Waals surface area contributed by atoms with E-state index in [1.54, 1.807) is 6.20 Å². The van der Waals surface area contributed by atoms with Gasteiger partial charge in [-0.25, -0.2) is 4.98 Å². The lowest BCUT2D eigenvalue weighted by molar-refractivity contribution is -0.101. The van der Waals surface area contributed by atoms with Crippen LogP contribution < -0.4 is 10.5 Å². The van der Waals surface area contributed by atoms with Gasteiger partial charge >= 0.3 is 0 Å². The van der Waals surface area contributed by atoms with E-state index in [1.807, 2.05) is 18.7 Å². The van der Waals surface area contributed by atoms with Crippen molar-refractivity contribution in [2.75, 3.05) is 24.6 Å². The van der Waals surface area contributed by atoms with Crippen LogP contribution in [0.1, 0.15) is 13.8 Å². The minimum Gasteiger partial charge on any atom is -0.394 e. The van der Waals surface area contributed by atoms with Gasteiger partial charge < -0.3 is 19.7 Å². The summed E-state index contributed by atoms with van der Waals surface area (Å²) in [7, 11) is 0. The fourth-order valence-electron chi connectivity index (χ4n) is 2.12. The SMILES string of the molecule is CC1(C)CN(c2ncc[nH]c2=O)CC(CO)O1. The molecule has 6 nitrogen and oxygen atoms in total. The molecule has 0 amide bonds. The number of H-pyrrole nitrogens is 1. The fourth-order valence-corrected chi connectivity index (χ4v) is 2.12. The Labute approximate surface area is 99.2 Å². The zero-order chi connectivity index (χ0) is 12.5. The third-order valence-electron chi connectivity index (χ3n) is 2.67. The summed E-state index contributed by atoms with van der Waals surface area (Å²) in [6, 6.07) is 0. The van der Waals surface area contributed by atoms with E-state index in [9.17, 15) is 9.90 Å². The van der Waals surface area contributed by atoms with Gasteiger partial charge in [0.05, 0.1) is 18.3 Å². The number of aliphatic hydroxyl groups excluding tert-OH is 1. The van der Waals surface area contributed by atoms with Gasteiger partial charge in [-0.05, 0) is 13.8 Å². The van der Waals surface area contributed by atoms with Crippen LogP contribution in [0.3, 0.4) is 0 Å². The molecule has 2 N–H and O–H groups in total. The predicted molar refractivity (Wildman–Crippen MR) is 63.1 cm³/mol. The van der Waals surface area contributed by atoms with Crippen LogP contribution in [-0.2, 0) is 4.74 Å². The van der Waals surface area contributed by atoms with Gasteiger partial charge in [0.15, 0.2) is 5.82 Å².